The Bertz CT molecular complexity index is 155. The van der Waals surface area contributed by atoms with Crippen LogP contribution >= 0.6 is 0 Å². The van der Waals surface area contributed by atoms with Crippen molar-refractivity contribution in [3.05, 3.63) is 25.2 Å². The Kier molecular flexibility index (Phi) is 10.9. The molecule has 0 amide bonds. The summed E-state index contributed by atoms with van der Waals surface area (Å²) in [4.78, 5) is 8.46. The largest absolute Gasteiger partial charge is 0.416 e. The van der Waals surface area contributed by atoms with Crippen molar-refractivity contribution in [3.8, 4) is 0 Å². The van der Waals surface area contributed by atoms with E-state index in [0.717, 1.165) is 6.26 Å². The molecule has 84 valence electrons. The van der Waals surface area contributed by atoms with Crippen molar-refractivity contribution in [2.75, 3.05) is 13.3 Å². The molecule has 0 aromatic heterocycles. The number of hydrogen-bond acceptors (Lipinski definition) is 2. The van der Waals surface area contributed by atoms with E-state index in [9.17, 15) is 22.0 Å². The zero-order valence-corrected chi connectivity index (χ0v) is 7.06. The van der Waals surface area contributed by atoms with Crippen LogP contribution in [-0.4, -0.2) is 19.5 Å². The van der Waals surface area contributed by atoms with E-state index >= 15 is 0 Å². The summed E-state index contributed by atoms with van der Waals surface area (Å²) in [6, 6.07) is 0. The number of halogens is 5. The van der Waals surface area contributed by atoms with Gasteiger partial charge in [-0.3, -0.25) is 0 Å². The molecule has 0 saturated heterocycles. The van der Waals surface area contributed by atoms with Crippen LogP contribution < -0.4 is 0 Å². The molecule has 14 heavy (non-hydrogen) atoms. The quantitative estimate of drug-likeness (QED) is 0.238. The maximum atomic E-state index is 11.1. The lowest BCUT2D eigenvalue weighted by molar-refractivity contribution is -0.238. The summed E-state index contributed by atoms with van der Waals surface area (Å²) in [5.74, 6) is 0. The van der Waals surface area contributed by atoms with Crippen LogP contribution in [0.2, 0.25) is 0 Å². The van der Waals surface area contributed by atoms with E-state index < -0.39 is 12.9 Å². The van der Waals surface area contributed by atoms with Gasteiger partial charge in [-0.05, 0) is 6.08 Å². The van der Waals surface area contributed by atoms with E-state index in [2.05, 4.69) is 16.4 Å². The van der Waals surface area contributed by atoms with Gasteiger partial charge in [-0.15, -0.1) is 0 Å². The van der Waals surface area contributed by atoms with E-state index in [1.54, 1.807) is 0 Å². The Hall–Kier alpha value is -1.11. The molecule has 0 aromatic carbocycles. The fourth-order valence-corrected chi connectivity index (χ4v) is 0.163. The van der Waals surface area contributed by atoms with Crippen molar-refractivity contribution in [2.24, 2.45) is 0 Å². The van der Waals surface area contributed by atoms with Crippen LogP contribution in [0.5, 0.6) is 0 Å². The minimum Gasteiger partial charge on any atom is -0.346 e. The van der Waals surface area contributed by atoms with Gasteiger partial charge >= 0.3 is 6.18 Å². The van der Waals surface area contributed by atoms with Crippen molar-refractivity contribution in [1.29, 1.82) is 0 Å². The Balaban J connectivity index is 0. The van der Waals surface area contributed by atoms with Crippen LogP contribution in [-0.2, 0) is 9.78 Å². The predicted octanol–water partition coefficient (Wildman–Crippen LogP) is 3.08. The highest BCUT2D eigenvalue weighted by Crippen LogP contribution is 2.13. The standard InChI is InChI=1S/C5H7FO2.C2H2F4/c1-2-7-8-5-3-4-6;3-1-2(4,5)6/h2-4H,1,5H2;1H2. The van der Waals surface area contributed by atoms with E-state index in [1.165, 1.54) is 6.08 Å². The molecular weight excluding hydrogens is 211 g/mol. The summed E-state index contributed by atoms with van der Waals surface area (Å²) in [6.07, 6.45) is -1.96. The van der Waals surface area contributed by atoms with Crippen LogP contribution in [0.3, 0.4) is 0 Å². The summed E-state index contributed by atoms with van der Waals surface area (Å²) in [7, 11) is 0. The molecule has 0 heterocycles. The Morgan fingerprint density at radius 3 is 2.07 bits per heavy atom. The molecule has 0 radical (unpaired) electrons. The number of alkyl halides is 4. The van der Waals surface area contributed by atoms with Gasteiger partial charge in [-0.2, -0.15) is 18.1 Å². The first kappa shape index (κ1) is 15.4. The summed E-state index contributed by atoms with van der Waals surface area (Å²) < 4.78 is 52.7. The van der Waals surface area contributed by atoms with Gasteiger partial charge < -0.3 is 4.89 Å². The van der Waals surface area contributed by atoms with Gasteiger partial charge in [0.2, 0.25) is 0 Å². The minimum absolute atomic E-state index is 0.0997. The van der Waals surface area contributed by atoms with Gasteiger partial charge in [0.15, 0.2) is 6.67 Å². The molecule has 0 atom stereocenters. The van der Waals surface area contributed by atoms with Gasteiger partial charge in [0, 0.05) is 0 Å². The molecule has 0 aliphatic carbocycles. The lowest BCUT2D eigenvalue weighted by Gasteiger charge is -1.93. The second kappa shape index (κ2) is 9.97. The maximum absolute atomic E-state index is 11.1. The summed E-state index contributed by atoms with van der Waals surface area (Å²) in [5, 5.41) is 0. The van der Waals surface area contributed by atoms with Crippen LogP contribution in [0.1, 0.15) is 0 Å². The Morgan fingerprint density at radius 2 is 1.79 bits per heavy atom. The molecule has 2 nitrogen and oxygen atoms in total. The molecule has 0 aliphatic heterocycles. The molecule has 0 aliphatic rings. The molecule has 0 bridgehead atoms. The van der Waals surface area contributed by atoms with Crippen LogP contribution in [0, 0.1) is 0 Å². The second-order valence-corrected chi connectivity index (χ2v) is 1.66. The topological polar surface area (TPSA) is 18.5 Å². The lowest BCUT2D eigenvalue weighted by atomic mass is 10.7. The van der Waals surface area contributed by atoms with Crippen molar-refractivity contribution in [3.63, 3.8) is 0 Å². The summed E-state index contributed by atoms with van der Waals surface area (Å²) in [5.41, 5.74) is 0. The molecule has 0 spiro atoms. The van der Waals surface area contributed by atoms with Crippen LogP contribution in [0.25, 0.3) is 0 Å². The third-order valence-corrected chi connectivity index (χ3v) is 0.541. The SMILES string of the molecule is C=COOCC=CF.FCC(F)(F)F. The van der Waals surface area contributed by atoms with Crippen molar-refractivity contribution in [2.45, 2.75) is 6.18 Å². The normalized spacial score (nSPS) is 10.6. The molecule has 0 N–H and O–H groups in total. The van der Waals surface area contributed by atoms with Crippen LogP contribution in [0.15, 0.2) is 25.2 Å². The Morgan fingerprint density at radius 1 is 1.29 bits per heavy atom. The zero-order chi connectivity index (χ0) is 11.4. The number of rotatable bonds is 4. The fourth-order valence-electron chi connectivity index (χ4n) is 0.163. The molecule has 0 rings (SSSR count). The first-order chi connectivity index (χ1) is 6.47. The van der Waals surface area contributed by atoms with E-state index in [4.69, 9.17) is 0 Å². The first-order valence-corrected chi connectivity index (χ1v) is 3.25. The molecular formula is C7H9F5O2. The highest BCUT2D eigenvalue weighted by molar-refractivity contribution is 4.69. The van der Waals surface area contributed by atoms with Gasteiger partial charge in [0.25, 0.3) is 0 Å². The minimum atomic E-state index is -4.62. The lowest BCUT2D eigenvalue weighted by Crippen LogP contribution is -2.08. The monoisotopic (exact) mass is 220 g/mol. The van der Waals surface area contributed by atoms with Crippen LogP contribution in [0.4, 0.5) is 22.0 Å². The fraction of sp³-hybridized carbons (Fsp3) is 0.429. The molecule has 7 heteroatoms. The molecule has 0 aromatic rings. The van der Waals surface area contributed by atoms with Crippen molar-refractivity contribution < 1.29 is 31.7 Å². The van der Waals surface area contributed by atoms with E-state index in [1.807, 2.05) is 0 Å². The van der Waals surface area contributed by atoms with E-state index in [-0.39, 0.29) is 6.61 Å². The smallest absolute Gasteiger partial charge is 0.346 e. The average Bonchev–Trinajstić information content (AvgIpc) is 2.13. The van der Waals surface area contributed by atoms with E-state index in [0.29, 0.717) is 6.33 Å². The van der Waals surface area contributed by atoms with Gasteiger partial charge in [0.05, 0.1) is 6.33 Å². The molecule has 0 fully saturated rings. The summed E-state index contributed by atoms with van der Waals surface area (Å²) in [6.45, 7) is 1.06. The highest BCUT2D eigenvalue weighted by atomic mass is 19.4. The zero-order valence-electron chi connectivity index (χ0n) is 7.06. The molecule has 0 unspecified atom stereocenters. The molecule has 0 saturated carbocycles. The number of hydrogen-bond donors (Lipinski definition) is 0. The van der Waals surface area contributed by atoms with Crippen molar-refractivity contribution >= 4 is 0 Å². The third kappa shape index (κ3) is 22.4. The second-order valence-electron chi connectivity index (χ2n) is 1.66. The first-order valence-electron chi connectivity index (χ1n) is 3.25. The highest BCUT2D eigenvalue weighted by Gasteiger charge is 2.26. The third-order valence-electron chi connectivity index (χ3n) is 0.541. The predicted molar refractivity (Wildman–Crippen MR) is 39.5 cm³/mol. The Labute approximate surface area is 77.5 Å². The average molecular weight is 220 g/mol. The van der Waals surface area contributed by atoms with Crippen molar-refractivity contribution in [1.82, 2.24) is 0 Å². The van der Waals surface area contributed by atoms with Gasteiger partial charge in [0.1, 0.15) is 12.9 Å². The van der Waals surface area contributed by atoms with Gasteiger partial charge in [-0.25, -0.2) is 8.78 Å². The van der Waals surface area contributed by atoms with Gasteiger partial charge in [-0.1, -0.05) is 6.58 Å². The summed E-state index contributed by atoms with van der Waals surface area (Å²) >= 11 is 0. The maximum Gasteiger partial charge on any atom is 0.416 e.